The van der Waals surface area contributed by atoms with Crippen LogP contribution in [0, 0.1) is 6.92 Å². The highest BCUT2D eigenvalue weighted by atomic mass is 32.2. The summed E-state index contributed by atoms with van der Waals surface area (Å²) in [5.41, 5.74) is 1.94. The van der Waals surface area contributed by atoms with Crippen molar-refractivity contribution >= 4 is 25.6 Å². The number of benzene rings is 3. The molecule has 3 aromatic carbocycles. The number of likely N-dealkylation sites (N-methyl/N-ethyl adjacent to an activating group) is 1. The summed E-state index contributed by atoms with van der Waals surface area (Å²) in [7, 11) is -6.14. The number of ether oxygens (including phenoxy) is 4. The van der Waals surface area contributed by atoms with Crippen LogP contribution in [0.15, 0.2) is 75.2 Å². The van der Waals surface area contributed by atoms with Gasteiger partial charge in [0.15, 0.2) is 22.8 Å². The number of nitrogens with one attached hydrogen (secondary N) is 2. The van der Waals surface area contributed by atoms with Gasteiger partial charge in [0.1, 0.15) is 28.8 Å². The van der Waals surface area contributed by atoms with E-state index in [1.165, 1.54) is 11.4 Å². The summed E-state index contributed by atoms with van der Waals surface area (Å²) < 4.78 is 75.5. The van der Waals surface area contributed by atoms with Crippen LogP contribution in [-0.2, 0) is 32.9 Å². The molecule has 19 heteroatoms. The van der Waals surface area contributed by atoms with Gasteiger partial charge >= 0.3 is 0 Å². The number of aryl methyl sites for hydroxylation is 2. The molecule has 2 aromatic heterocycles. The van der Waals surface area contributed by atoms with Gasteiger partial charge in [0.25, 0.3) is 5.56 Å². The van der Waals surface area contributed by atoms with Gasteiger partial charge in [-0.25, -0.2) is 31.5 Å². The normalized spacial score (nSPS) is 14.3. The molecule has 1 saturated heterocycles. The van der Waals surface area contributed by atoms with E-state index in [4.69, 9.17) is 24.1 Å². The van der Waals surface area contributed by atoms with Gasteiger partial charge in [-0.05, 0) is 95.1 Å². The molecule has 3 heterocycles. The summed E-state index contributed by atoms with van der Waals surface area (Å²) in [5.74, 6) is 3.07. The number of aromatic amines is 1. The van der Waals surface area contributed by atoms with Gasteiger partial charge in [-0.2, -0.15) is 4.31 Å². The van der Waals surface area contributed by atoms with Crippen molar-refractivity contribution in [3.8, 4) is 34.4 Å². The fraction of sp³-hybridized carbons (Fsp3) is 0.465. The minimum atomic E-state index is -3.84. The lowest BCUT2D eigenvalue weighted by atomic mass is 10.1. The number of methoxy groups -OCH3 is 1. The fourth-order valence-electron chi connectivity index (χ4n) is 7.12. The van der Waals surface area contributed by atoms with Gasteiger partial charge < -0.3 is 34.1 Å². The highest BCUT2D eigenvalue weighted by Gasteiger charge is 2.29. The molecule has 1 fully saturated rings. The van der Waals surface area contributed by atoms with E-state index >= 15 is 0 Å². The van der Waals surface area contributed by atoms with Crippen LogP contribution in [0.4, 0.5) is 0 Å². The number of primary sulfonamides is 1. The second-order valence-electron chi connectivity index (χ2n) is 14.7. The first kappa shape index (κ1) is 48.0. The third kappa shape index (κ3) is 11.9. The first-order valence-corrected chi connectivity index (χ1v) is 23.9. The molecule has 338 valence electrons. The van der Waals surface area contributed by atoms with Gasteiger partial charge in [-0.1, -0.05) is 32.0 Å². The van der Waals surface area contributed by atoms with Crippen molar-refractivity contribution in [2.45, 2.75) is 76.6 Å². The monoisotopic (exact) mass is 896 g/mol. The summed E-state index contributed by atoms with van der Waals surface area (Å²) in [6.07, 6.45) is 2.16. The Morgan fingerprint density at radius 1 is 0.871 bits per heavy atom. The van der Waals surface area contributed by atoms with E-state index in [0.717, 1.165) is 24.3 Å². The molecule has 0 unspecified atom stereocenters. The van der Waals surface area contributed by atoms with E-state index in [2.05, 4.69) is 32.2 Å². The van der Waals surface area contributed by atoms with Crippen molar-refractivity contribution < 1.29 is 35.8 Å². The summed E-state index contributed by atoms with van der Waals surface area (Å²) >= 11 is 0. The van der Waals surface area contributed by atoms with Crippen LogP contribution >= 0.6 is 0 Å². The molecule has 1 atom stereocenters. The molecule has 1 aliphatic rings. The Balaban J connectivity index is 0.000000239. The molecular weight excluding hydrogens is 837 g/mol. The molecule has 0 saturated carbocycles. The molecule has 0 amide bonds. The van der Waals surface area contributed by atoms with Crippen molar-refractivity contribution in [3.05, 3.63) is 88.1 Å². The topological polar surface area (TPSA) is 213 Å². The molecule has 4 N–H and O–H groups in total. The lowest BCUT2D eigenvalue weighted by Crippen LogP contribution is -2.48. The van der Waals surface area contributed by atoms with Crippen molar-refractivity contribution in [1.82, 2.24) is 34.1 Å². The first-order chi connectivity index (χ1) is 29.6. The van der Waals surface area contributed by atoms with Crippen molar-refractivity contribution in [3.63, 3.8) is 0 Å². The molecule has 17 nitrogen and oxygen atoms in total. The van der Waals surface area contributed by atoms with Crippen LogP contribution in [0.3, 0.4) is 0 Å². The van der Waals surface area contributed by atoms with E-state index in [1.54, 1.807) is 41.8 Å². The second-order valence-corrected chi connectivity index (χ2v) is 18.1. The Labute approximate surface area is 364 Å². The van der Waals surface area contributed by atoms with E-state index in [9.17, 15) is 21.6 Å². The van der Waals surface area contributed by atoms with Gasteiger partial charge in [-0.15, -0.1) is 5.10 Å². The highest BCUT2D eigenvalue weighted by molar-refractivity contribution is 7.89. The average molecular weight is 897 g/mol. The summed E-state index contributed by atoms with van der Waals surface area (Å²) in [6, 6.07) is 17.4. The molecule has 5 aromatic rings. The number of sulfonamides is 2. The van der Waals surface area contributed by atoms with Gasteiger partial charge in [-0.3, -0.25) is 4.79 Å². The maximum atomic E-state index is 13.4. The van der Waals surface area contributed by atoms with Crippen molar-refractivity contribution in [2.75, 3.05) is 66.2 Å². The lowest BCUT2D eigenvalue weighted by Gasteiger charge is -2.33. The Morgan fingerprint density at radius 2 is 1.53 bits per heavy atom. The van der Waals surface area contributed by atoms with Crippen LogP contribution in [0.25, 0.3) is 16.9 Å². The molecule has 0 spiro atoms. The number of fused-ring (bicyclic) bond motifs is 1. The molecule has 0 radical (unpaired) electrons. The Hall–Kier alpha value is -5.05. The number of nitrogens with two attached hydrogens (primary N) is 1. The second kappa shape index (κ2) is 21.8. The number of hydrogen-bond acceptors (Lipinski definition) is 13. The number of imidazole rings is 1. The molecule has 1 aliphatic heterocycles. The van der Waals surface area contributed by atoms with Gasteiger partial charge in [0.05, 0.1) is 36.5 Å². The zero-order valence-electron chi connectivity index (χ0n) is 36.6. The molecule has 6 rings (SSSR count). The summed E-state index contributed by atoms with van der Waals surface area (Å²) in [6.45, 7) is 17.0. The average Bonchev–Trinajstić information content (AvgIpc) is 3.57. The Kier molecular flexibility index (Phi) is 16.9. The zero-order valence-corrected chi connectivity index (χ0v) is 38.3. The van der Waals surface area contributed by atoms with Crippen LogP contribution < -0.4 is 35.0 Å². The van der Waals surface area contributed by atoms with Crippen LogP contribution in [0.1, 0.15) is 58.1 Å². The van der Waals surface area contributed by atoms with Crippen molar-refractivity contribution in [1.29, 1.82) is 0 Å². The molecule has 0 aliphatic carbocycles. The third-order valence-corrected chi connectivity index (χ3v) is 13.0. The minimum Gasteiger partial charge on any atom is -0.495 e. The number of nitrogens with zero attached hydrogens (tertiary/aromatic N) is 5. The predicted octanol–water partition coefficient (Wildman–Crippen LogP) is 4.41. The third-order valence-electron chi connectivity index (χ3n) is 10.2. The predicted molar refractivity (Wildman–Crippen MR) is 238 cm³/mol. The number of hydrogen-bond donors (Lipinski definition) is 3. The lowest BCUT2D eigenvalue weighted by molar-refractivity contribution is 0.196. The van der Waals surface area contributed by atoms with Crippen LogP contribution in [-0.4, -0.2) is 118 Å². The number of H-pyrrole nitrogens is 1. The Bertz CT molecular complexity index is 2560. The van der Waals surface area contributed by atoms with E-state index in [0.29, 0.717) is 99.5 Å². The first-order valence-electron chi connectivity index (χ1n) is 20.9. The van der Waals surface area contributed by atoms with Crippen LogP contribution in [0.5, 0.6) is 23.0 Å². The number of piperazine rings is 1. The smallest absolute Gasteiger partial charge is 0.277 e. The molecule has 0 bridgehead atoms. The standard InChI is InChI=1S/C23H32N6O4S.C20H28N2O5S/c1-5-8-20-24-16(4)21-23(30)25-22(26-29(20)21)18-15-17(9-10-19(18)33-7-3)34(31,32)28-13-11-27(6-2)12-14-28;1-4-26-17-7-5-6-8-18(17)27-12-11-22-15(2)13-16-9-10-19(25-3)20(14-16)28(21,23)24/h9-10,15H,5-8,11-14H2,1-4H3,(H,25,26,30);5-10,14-15,22H,4,11-13H2,1-3H3,(H2,21,23,24)/t;15-/m.1/s1. The van der Waals surface area contributed by atoms with E-state index < -0.39 is 20.0 Å². The quantitative estimate of drug-likeness (QED) is 0.0982. The summed E-state index contributed by atoms with van der Waals surface area (Å²) in [5, 5.41) is 13.3. The summed E-state index contributed by atoms with van der Waals surface area (Å²) in [4.78, 5) is 22.6. The SMILES string of the molecule is CCCc1nc(C)c2c(=O)[nH]c(-c3cc(S(=O)(=O)N4CCN(CC)CC4)ccc3OCC)nn12.CCOc1ccccc1OCCN[C@H](C)Cc1ccc(OC)c(S(N)(=O)=O)c1. The largest absolute Gasteiger partial charge is 0.495 e. The van der Waals surface area contributed by atoms with E-state index in [-0.39, 0.29) is 33.0 Å². The Morgan fingerprint density at radius 3 is 2.16 bits per heavy atom. The van der Waals surface area contributed by atoms with Crippen LogP contribution in [0.2, 0.25) is 0 Å². The van der Waals surface area contributed by atoms with Gasteiger partial charge in [0, 0.05) is 45.2 Å². The minimum absolute atomic E-state index is 0.00411. The fourth-order valence-corrected chi connectivity index (χ4v) is 9.32. The number of aromatic nitrogens is 4. The molecule has 62 heavy (non-hydrogen) atoms. The zero-order chi connectivity index (χ0) is 45.0. The maximum absolute atomic E-state index is 13.4. The number of para-hydroxylation sites is 2. The van der Waals surface area contributed by atoms with Gasteiger partial charge in [0.2, 0.25) is 20.0 Å². The number of rotatable bonds is 19. The maximum Gasteiger partial charge on any atom is 0.277 e. The molecular formula is C43H60N8O9S2. The van der Waals surface area contributed by atoms with Crippen molar-refractivity contribution in [2.24, 2.45) is 5.14 Å². The highest BCUT2D eigenvalue weighted by Crippen LogP contribution is 2.32. The van der Waals surface area contributed by atoms with E-state index in [1.807, 2.05) is 58.0 Å².